The lowest BCUT2D eigenvalue weighted by Gasteiger charge is -2.14. The van der Waals surface area contributed by atoms with Gasteiger partial charge >= 0.3 is 11.9 Å². The molecule has 0 heterocycles. The number of aliphatic imine (C=N–C) groups is 1. The number of hydrogen-bond acceptors (Lipinski definition) is 5. The highest BCUT2D eigenvalue weighted by molar-refractivity contribution is 6.13. The van der Waals surface area contributed by atoms with Gasteiger partial charge in [0.2, 0.25) is 0 Å². The van der Waals surface area contributed by atoms with Crippen LogP contribution in [0.5, 0.6) is 0 Å². The molecule has 0 fully saturated rings. The van der Waals surface area contributed by atoms with Gasteiger partial charge in [0, 0.05) is 18.1 Å². The monoisotopic (exact) mass is 325 g/mol. The van der Waals surface area contributed by atoms with Crippen molar-refractivity contribution < 1.29 is 19.1 Å². The molecule has 2 rings (SSSR count). The van der Waals surface area contributed by atoms with Gasteiger partial charge in [0.15, 0.2) is 0 Å². The molecule has 1 unspecified atom stereocenters. The lowest BCUT2D eigenvalue weighted by atomic mass is 10.0. The largest absolute Gasteiger partial charge is 0.462 e. The summed E-state index contributed by atoms with van der Waals surface area (Å²) in [5.41, 5.74) is 2.17. The van der Waals surface area contributed by atoms with E-state index in [2.05, 4.69) is 4.99 Å². The van der Waals surface area contributed by atoms with E-state index >= 15 is 0 Å². The van der Waals surface area contributed by atoms with Gasteiger partial charge in [-0.15, -0.1) is 0 Å². The molecule has 0 bridgehead atoms. The van der Waals surface area contributed by atoms with Crippen LogP contribution < -0.4 is 0 Å². The summed E-state index contributed by atoms with van der Waals surface area (Å²) in [5, 5.41) is 0. The van der Waals surface area contributed by atoms with Gasteiger partial charge in [0.05, 0.1) is 12.3 Å². The van der Waals surface area contributed by atoms with Crippen molar-refractivity contribution in [2.45, 2.75) is 20.1 Å². The topological polar surface area (TPSA) is 65.0 Å². The van der Waals surface area contributed by atoms with E-state index in [-0.39, 0.29) is 6.61 Å². The van der Waals surface area contributed by atoms with Gasteiger partial charge in [-0.1, -0.05) is 60.7 Å². The Bertz CT molecular complexity index is 669. The zero-order chi connectivity index (χ0) is 17.4. The van der Waals surface area contributed by atoms with Gasteiger partial charge in [-0.25, -0.2) is 9.79 Å². The van der Waals surface area contributed by atoms with Crippen LogP contribution in [0.25, 0.3) is 0 Å². The lowest BCUT2D eigenvalue weighted by molar-refractivity contribution is -0.165. The van der Waals surface area contributed by atoms with Crippen LogP contribution in [0.1, 0.15) is 25.0 Å². The summed E-state index contributed by atoms with van der Waals surface area (Å²) in [7, 11) is 0. The van der Waals surface area contributed by atoms with Crippen LogP contribution in [0.2, 0.25) is 0 Å². The van der Waals surface area contributed by atoms with Gasteiger partial charge < -0.3 is 9.47 Å². The van der Waals surface area contributed by atoms with Crippen LogP contribution in [0.3, 0.4) is 0 Å². The maximum atomic E-state index is 12.1. The van der Waals surface area contributed by atoms with E-state index < -0.39 is 18.2 Å². The van der Waals surface area contributed by atoms with Gasteiger partial charge in [-0.3, -0.25) is 4.79 Å². The molecule has 24 heavy (non-hydrogen) atoms. The highest BCUT2D eigenvalue weighted by Crippen LogP contribution is 2.13. The van der Waals surface area contributed by atoms with Crippen LogP contribution in [-0.2, 0) is 19.1 Å². The van der Waals surface area contributed by atoms with Crippen LogP contribution in [0.15, 0.2) is 65.7 Å². The minimum Gasteiger partial charge on any atom is -0.462 e. The third kappa shape index (κ3) is 4.78. The van der Waals surface area contributed by atoms with Crippen molar-refractivity contribution >= 4 is 17.7 Å². The minimum absolute atomic E-state index is 0.179. The third-order valence-electron chi connectivity index (χ3n) is 3.11. The summed E-state index contributed by atoms with van der Waals surface area (Å²) in [6.07, 6.45) is -1.34. The smallest absolute Gasteiger partial charge is 0.371 e. The molecule has 5 heteroatoms. The molecule has 0 spiro atoms. The van der Waals surface area contributed by atoms with Crippen LogP contribution in [0.4, 0.5) is 0 Å². The second-order valence-electron chi connectivity index (χ2n) is 4.92. The van der Waals surface area contributed by atoms with E-state index in [0.29, 0.717) is 5.71 Å². The SMILES string of the molecule is CCOC(=O)C(N=C(c1ccccc1)c1ccccc1)OC(C)=O. The predicted octanol–water partition coefficient (Wildman–Crippen LogP) is 2.98. The van der Waals surface area contributed by atoms with E-state index in [4.69, 9.17) is 9.47 Å². The number of rotatable bonds is 6. The first-order chi connectivity index (χ1) is 11.6. The number of nitrogens with zero attached hydrogens (tertiary/aromatic N) is 1. The Kier molecular flexibility index (Phi) is 6.25. The molecule has 124 valence electrons. The van der Waals surface area contributed by atoms with Crippen molar-refractivity contribution in [1.29, 1.82) is 0 Å². The number of carbonyl (C=O) groups is 2. The summed E-state index contributed by atoms with van der Waals surface area (Å²) < 4.78 is 9.99. The Labute approximate surface area is 140 Å². The van der Waals surface area contributed by atoms with Crippen molar-refractivity contribution in [2.24, 2.45) is 4.99 Å². The summed E-state index contributed by atoms with van der Waals surface area (Å²) >= 11 is 0. The second-order valence-corrected chi connectivity index (χ2v) is 4.92. The summed E-state index contributed by atoms with van der Waals surface area (Å²) in [6, 6.07) is 18.8. The van der Waals surface area contributed by atoms with Crippen molar-refractivity contribution in [3.05, 3.63) is 71.8 Å². The second kappa shape index (κ2) is 8.62. The molecule has 0 amide bonds. The quantitative estimate of drug-likeness (QED) is 0.605. The molecule has 1 atom stereocenters. The van der Waals surface area contributed by atoms with E-state index in [1.54, 1.807) is 6.92 Å². The first kappa shape index (κ1) is 17.4. The maximum Gasteiger partial charge on any atom is 0.371 e. The fourth-order valence-electron chi connectivity index (χ4n) is 2.12. The third-order valence-corrected chi connectivity index (χ3v) is 3.11. The van der Waals surface area contributed by atoms with Gasteiger partial charge in [-0.05, 0) is 6.92 Å². The number of benzene rings is 2. The van der Waals surface area contributed by atoms with Crippen molar-refractivity contribution in [3.63, 3.8) is 0 Å². The molecule has 0 aliphatic rings. The molecular weight excluding hydrogens is 306 g/mol. The van der Waals surface area contributed by atoms with E-state index in [1.165, 1.54) is 6.92 Å². The molecule has 0 aliphatic heterocycles. The van der Waals surface area contributed by atoms with Crippen LogP contribution in [-0.4, -0.2) is 30.5 Å². The van der Waals surface area contributed by atoms with E-state index in [1.807, 2.05) is 60.7 Å². The molecule has 0 saturated heterocycles. The van der Waals surface area contributed by atoms with Crippen molar-refractivity contribution in [3.8, 4) is 0 Å². The Balaban J connectivity index is 2.48. The predicted molar refractivity (Wildman–Crippen MR) is 90.7 cm³/mol. The lowest BCUT2D eigenvalue weighted by Crippen LogP contribution is -2.28. The zero-order valence-electron chi connectivity index (χ0n) is 13.6. The number of hydrogen-bond donors (Lipinski definition) is 0. The normalized spacial score (nSPS) is 11.2. The first-order valence-electron chi connectivity index (χ1n) is 7.64. The molecular formula is C19H19NO4. The Hall–Kier alpha value is -2.95. The van der Waals surface area contributed by atoms with E-state index in [0.717, 1.165) is 11.1 Å². The number of ether oxygens (including phenoxy) is 2. The molecule has 5 nitrogen and oxygen atoms in total. The Morgan fingerprint density at radius 3 is 1.88 bits per heavy atom. The molecule has 0 saturated carbocycles. The minimum atomic E-state index is -1.34. The van der Waals surface area contributed by atoms with Crippen LogP contribution >= 0.6 is 0 Å². The van der Waals surface area contributed by atoms with Gasteiger partial charge in [0.25, 0.3) is 6.23 Å². The van der Waals surface area contributed by atoms with E-state index in [9.17, 15) is 9.59 Å². The first-order valence-corrected chi connectivity index (χ1v) is 7.64. The molecule has 0 aliphatic carbocycles. The molecule has 2 aromatic carbocycles. The Morgan fingerprint density at radius 1 is 0.958 bits per heavy atom. The van der Waals surface area contributed by atoms with Crippen molar-refractivity contribution in [1.82, 2.24) is 0 Å². The highest BCUT2D eigenvalue weighted by Gasteiger charge is 2.23. The zero-order valence-corrected chi connectivity index (χ0v) is 13.6. The van der Waals surface area contributed by atoms with Gasteiger partial charge in [0.1, 0.15) is 0 Å². The summed E-state index contributed by atoms with van der Waals surface area (Å²) in [4.78, 5) is 27.8. The standard InChI is InChI=1S/C19H19NO4/c1-3-23-19(22)18(24-14(2)21)20-17(15-10-6-4-7-11-15)16-12-8-5-9-13-16/h4-13,18H,3H2,1-2H3. The fraction of sp³-hybridized carbons (Fsp3) is 0.211. The van der Waals surface area contributed by atoms with Gasteiger partial charge in [-0.2, -0.15) is 0 Å². The average molecular weight is 325 g/mol. The maximum absolute atomic E-state index is 12.1. The Morgan fingerprint density at radius 2 is 1.46 bits per heavy atom. The summed E-state index contributed by atoms with van der Waals surface area (Å²) in [5.74, 6) is -1.30. The number of carbonyl (C=O) groups excluding carboxylic acids is 2. The van der Waals surface area contributed by atoms with Crippen molar-refractivity contribution in [2.75, 3.05) is 6.61 Å². The number of esters is 2. The average Bonchev–Trinajstić information content (AvgIpc) is 2.60. The molecule has 0 N–H and O–H groups in total. The molecule has 2 aromatic rings. The van der Waals surface area contributed by atoms with Crippen LogP contribution in [0, 0.1) is 0 Å². The molecule has 0 aromatic heterocycles. The molecule has 0 radical (unpaired) electrons. The highest BCUT2D eigenvalue weighted by atomic mass is 16.6. The summed E-state index contributed by atoms with van der Waals surface area (Å²) in [6.45, 7) is 3.09. The fourth-order valence-corrected chi connectivity index (χ4v) is 2.12.